The van der Waals surface area contributed by atoms with E-state index in [4.69, 9.17) is 0 Å². The van der Waals surface area contributed by atoms with Crippen LogP contribution < -0.4 is 0 Å². The summed E-state index contributed by atoms with van der Waals surface area (Å²) in [7, 11) is 1.68. The number of thioether (sulfide) groups is 1. The van der Waals surface area contributed by atoms with E-state index in [0.29, 0.717) is 11.6 Å². The Kier molecular flexibility index (Phi) is 4.09. The molecule has 0 unspecified atom stereocenters. The molecule has 0 saturated carbocycles. The molecular weight excluding hydrogens is 248 g/mol. The topological polar surface area (TPSA) is 60.7 Å². The maximum atomic E-state index is 11.7. The molecule has 0 radical (unpaired) electrons. The summed E-state index contributed by atoms with van der Waals surface area (Å²) in [6.45, 7) is 2.04. The maximum Gasteiger partial charge on any atom is 0.182 e. The van der Waals surface area contributed by atoms with Crippen LogP contribution in [0.2, 0.25) is 0 Å². The lowest BCUT2D eigenvalue weighted by atomic mass is 10.2. The summed E-state index contributed by atoms with van der Waals surface area (Å²) in [4.78, 5) is 14.2. The van der Waals surface area contributed by atoms with Crippen LogP contribution in [0, 0.1) is 6.92 Å². The van der Waals surface area contributed by atoms with Crippen LogP contribution in [0.15, 0.2) is 29.2 Å². The first-order valence-corrected chi connectivity index (χ1v) is 6.56. The minimum atomic E-state index is 0.106. The van der Waals surface area contributed by atoms with E-state index in [1.165, 1.54) is 22.1 Å². The first-order valence-electron chi connectivity index (χ1n) is 5.57. The van der Waals surface area contributed by atoms with Crippen molar-refractivity contribution in [2.45, 2.75) is 18.2 Å². The minimum absolute atomic E-state index is 0.106. The van der Waals surface area contributed by atoms with Gasteiger partial charge in [0.25, 0.3) is 0 Å². The van der Waals surface area contributed by atoms with Gasteiger partial charge in [0.2, 0.25) is 0 Å². The Morgan fingerprint density at radius 3 is 2.94 bits per heavy atom. The number of carbonyl (C=O) groups excluding carboxylic acids is 1. The van der Waals surface area contributed by atoms with Gasteiger partial charge in [0.05, 0.1) is 19.2 Å². The van der Waals surface area contributed by atoms with Gasteiger partial charge < -0.3 is 0 Å². The number of carbonyl (C=O) groups is 1. The molecule has 0 aliphatic carbocycles. The predicted octanol–water partition coefficient (Wildman–Crippen LogP) is 1.42. The smallest absolute Gasteiger partial charge is 0.182 e. The first-order chi connectivity index (χ1) is 8.63. The third-order valence-corrected chi connectivity index (χ3v) is 3.35. The summed E-state index contributed by atoms with van der Waals surface area (Å²) in [5, 5.41) is 11.5. The zero-order valence-electron chi connectivity index (χ0n) is 10.3. The van der Waals surface area contributed by atoms with Crippen molar-refractivity contribution in [2.24, 2.45) is 7.05 Å². The average Bonchev–Trinajstić information content (AvgIpc) is 2.72. The molecular formula is C12H14N4OS. The Hall–Kier alpha value is -1.69. The van der Waals surface area contributed by atoms with Crippen molar-refractivity contribution in [2.75, 3.05) is 5.75 Å². The Morgan fingerprint density at radius 2 is 2.28 bits per heavy atom. The number of Topliss-reactive ketones (excluding diaryl/α,β-unsaturated/α-hetero) is 1. The van der Waals surface area contributed by atoms with E-state index in [9.17, 15) is 4.79 Å². The molecule has 5 nitrogen and oxygen atoms in total. The summed E-state index contributed by atoms with van der Waals surface area (Å²) in [5.74, 6) is 1.02. The standard InChI is InChI=1S/C12H14N4OS/c1-9-4-3-5-11(6-9)18-8-10(17)7-12-13-15-16(2)14-12/h3-6H,7-8H2,1-2H3. The van der Waals surface area contributed by atoms with E-state index in [0.717, 1.165) is 4.90 Å². The van der Waals surface area contributed by atoms with E-state index >= 15 is 0 Å². The quantitative estimate of drug-likeness (QED) is 0.763. The normalized spacial score (nSPS) is 10.6. The molecule has 0 aliphatic rings. The van der Waals surface area contributed by atoms with Crippen LogP contribution in [0.5, 0.6) is 0 Å². The highest BCUT2D eigenvalue weighted by atomic mass is 32.2. The highest BCUT2D eigenvalue weighted by Crippen LogP contribution is 2.19. The van der Waals surface area contributed by atoms with Gasteiger partial charge in [-0.2, -0.15) is 4.80 Å². The monoisotopic (exact) mass is 262 g/mol. The van der Waals surface area contributed by atoms with Crippen molar-refractivity contribution in [3.63, 3.8) is 0 Å². The third-order valence-electron chi connectivity index (χ3n) is 2.29. The molecule has 0 saturated heterocycles. The second kappa shape index (κ2) is 5.77. The number of hydrogen-bond acceptors (Lipinski definition) is 5. The van der Waals surface area contributed by atoms with Crippen molar-refractivity contribution in [3.05, 3.63) is 35.7 Å². The van der Waals surface area contributed by atoms with Crippen LogP contribution in [0.4, 0.5) is 0 Å². The minimum Gasteiger partial charge on any atom is -0.298 e. The van der Waals surface area contributed by atoms with Gasteiger partial charge in [-0.15, -0.1) is 22.0 Å². The summed E-state index contributed by atoms with van der Waals surface area (Å²) >= 11 is 1.54. The molecule has 0 N–H and O–H groups in total. The van der Waals surface area contributed by atoms with Crippen molar-refractivity contribution < 1.29 is 4.79 Å². The molecule has 0 fully saturated rings. The van der Waals surface area contributed by atoms with Gasteiger partial charge in [-0.1, -0.05) is 17.7 Å². The fourth-order valence-electron chi connectivity index (χ4n) is 1.49. The van der Waals surface area contributed by atoms with Gasteiger partial charge in [-0.25, -0.2) is 0 Å². The summed E-state index contributed by atoms with van der Waals surface area (Å²) in [6, 6.07) is 8.10. The van der Waals surface area contributed by atoms with Gasteiger partial charge in [-0.3, -0.25) is 4.79 Å². The maximum absolute atomic E-state index is 11.7. The third kappa shape index (κ3) is 3.66. The van der Waals surface area contributed by atoms with E-state index in [2.05, 4.69) is 21.5 Å². The summed E-state index contributed by atoms with van der Waals surface area (Å²) in [5.41, 5.74) is 1.20. The predicted molar refractivity (Wildman–Crippen MR) is 69.4 cm³/mol. The first kappa shape index (κ1) is 12.8. The summed E-state index contributed by atoms with van der Waals surface area (Å²) in [6.07, 6.45) is 0.243. The number of aryl methyl sites for hydroxylation is 2. The molecule has 94 valence electrons. The van der Waals surface area contributed by atoms with Gasteiger partial charge >= 0.3 is 0 Å². The molecule has 0 atom stereocenters. The van der Waals surface area contributed by atoms with Crippen LogP contribution in [0.25, 0.3) is 0 Å². The van der Waals surface area contributed by atoms with Gasteiger partial charge in [-0.05, 0) is 24.3 Å². The molecule has 2 rings (SSSR count). The van der Waals surface area contributed by atoms with Crippen molar-refractivity contribution >= 4 is 17.5 Å². The molecule has 1 heterocycles. The largest absolute Gasteiger partial charge is 0.298 e. The average molecular weight is 262 g/mol. The highest BCUT2D eigenvalue weighted by Gasteiger charge is 2.09. The second-order valence-corrected chi connectivity index (χ2v) is 5.06. The molecule has 2 aromatic rings. The molecule has 1 aromatic heterocycles. The lowest BCUT2D eigenvalue weighted by Crippen LogP contribution is -2.07. The lowest BCUT2D eigenvalue weighted by Gasteiger charge is -2.01. The SMILES string of the molecule is Cc1cccc(SCC(=O)Cc2nnn(C)n2)c1. The van der Waals surface area contributed by atoms with Gasteiger partial charge in [0.15, 0.2) is 11.6 Å². The number of tetrazole rings is 1. The van der Waals surface area contributed by atoms with Crippen molar-refractivity contribution in [1.29, 1.82) is 0 Å². The molecule has 0 aliphatic heterocycles. The molecule has 0 bridgehead atoms. The lowest BCUT2D eigenvalue weighted by molar-refractivity contribution is -0.116. The molecule has 0 amide bonds. The van der Waals surface area contributed by atoms with Crippen LogP contribution in [0.1, 0.15) is 11.4 Å². The van der Waals surface area contributed by atoms with Crippen molar-refractivity contribution in [1.82, 2.24) is 20.2 Å². The fourth-order valence-corrected chi connectivity index (χ4v) is 2.36. The number of benzene rings is 1. The zero-order valence-corrected chi connectivity index (χ0v) is 11.1. The molecule has 6 heteroatoms. The van der Waals surface area contributed by atoms with E-state index in [-0.39, 0.29) is 12.2 Å². The van der Waals surface area contributed by atoms with Gasteiger partial charge in [0, 0.05) is 4.90 Å². The number of nitrogens with zero attached hydrogens (tertiary/aromatic N) is 4. The van der Waals surface area contributed by atoms with Crippen LogP contribution in [0.3, 0.4) is 0 Å². The van der Waals surface area contributed by atoms with Gasteiger partial charge in [0.1, 0.15) is 0 Å². The van der Waals surface area contributed by atoms with E-state index in [1.807, 2.05) is 25.1 Å². The van der Waals surface area contributed by atoms with E-state index < -0.39 is 0 Å². The molecule has 1 aromatic carbocycles. The van der Waals surface area contributed by atoms with Crippen LogP contribution in [-0.2, 0) is 18.3 Å². The number of ketones is 1. The Morgan fingerprint density at radius 1 is 1.44 bits per heavy atom. The van der Waals surface area contributed by atoms with Crippen LogP contribution in [-0.4, -0.2) is 31.7 Å². The Bertz CT molecular complexity index is 553. The highest BCUT2D eigenvalue weighted by molar-refractivity contribution is 8.00. The van der Waals surface area contributed by atoms with E-state index in [1.54, 1.807) is 7.05 Å². The van der Waals surface area contributed by atoms with Crippen LogP contribution >= 0.6 is 11.8 Å². The summed E-state index contributed by atoms with van der Waals surface area (Å²) < 4.78 is 0. The second-order valence-electron chi connectivity index (χ2n) is 4.02. The Balaban J connectivity index is 1.85. The number of aromatic nitrogens is 4. The molecule has 0 spiro atoms. The fraction of sp³-hybridized carbons (Fsp3) is 0.333. The van der Waals surface area contributed by atoms with Crippen molar-refractivity contribution in [3.8, 4) is 0 Å². The number of rotatable bonds is 5. The number of hydrogen-bond donors (Lipinski definition) is 0. The zero-order chi connectivity index (χ0) is 13.0. The Labute approximate surface area is 110 Å². The molecule has 18 heavy (non-hydrogen) atoms.